The van der Waals surface area contributed by atoms with Gasteiger partial charge in [0.15, 0.2) is 0 Å². The summed E-state index contributed by atoms with van der Waals surface area (Å²) >= 11 is 6.23. The number of para-hydroxylation sites is 1. The first kappa shape index (κ1) is 27.9. The number of aryl methyl sites for hydroxylation is 2. The second-order valence-corrected chi connectivity index (χ2v) is 11.2. The van der Waals surface area contributed by atoms with Crippen molar-refractivity contribution in [3.05, 3.63) is 124 Å². The van der Waals surface area contributed by atoms with Crippen molar-refractivity contribution in [2.75, 3.05) is 10.0 Å². The maximum absolute atomic E-state index is 13.2. The highest BCUT2D eigenvalue weighted by Crippen LogP contribution is 2.27. The zero-order chi connectivity index (χ0) is 28.2. The van der Waals surface area contributed by atoms with Crippen molar-refractivity contribution in [2.45, 2.75) is 31.7 Å². The van der Waals surface area contributed by atoms with Crippen LogP contribution in [0.25, 0.3) is 0 Å². The molecule has 0 fully saturated rings. The van der Waals surface area contributed by atoms with E-state index in [0.717, 1.165) is 16.7 Å². The normalized spacial score (nSPS) is 11.9. The Morgan fingerprint density at radius 3 is 2.21 bits per heavy atom. The van der Waals surface area contributed by atoms with E-state index in [2.05, 4.69) is 15.4 Å². The Kier molecular flexibility index (Phi) is 8.38. The van der Waals surface area contributed by atoms with E-state index in [9.17, 15) is 18.0 Å². The number of carbonyl (C=O) groups is 2. The van der Waals surface area contributed by atoms with Gasteiger partial charge >= 0.3 is 0 Å². The lowest BCUT2D eigenvalue weighted by Gasteiger charge is -2.17. The lowest BCUT2D eigenvalue weighted by molar-refractivity contribution is 0.0940. The first-order chi connectivity index (χ1) is 18.5. The van der Waals surface area contributed by atoms with Crippen LogP contribution in [0.5, 0.6) is 0 Å². The highest BCUT2D eigenvalue weighted by atomic mass is 35.5. The lowest BCUT2D eigenvalue weighted by atomic mass is 10.1. The second-order valence-electron chi connectivity index (χ2n) is 9.16. The number of hydrogen-bond donors (Lipinski definition) is 3. The Morgan fingerprint density at radius 2 is 1.49 bits per heavy atom. The number of anilines is 2. The van der Waals surface area contributed by atoms with Gasteiger partial charge in [0, 0.05) is 11.3 Å². The minimum absolute atomic E-state index is 0.0300. The standard InChI is InChI=1S/C30H28ClN3O4S/c1-19-13-15-24(17-20(19)2)34-39(37,38)28-18-23(14-16-26(28)31)29(35)33-27-12-8-7-11-25(27)30(36)32-21(3)22-9-5-4-6-10-22/h4-18,21,34H,1-3H3,(H,32,36)(H,33,35)/t21-/m1/s1. The number of hydrogen-bond acceptors (Lipinski definition) is 4. The smallest absolute Gasteiger partial charge is 0.263 e. The molecule has 7 nitrogen and oxygen atoms in total. The molecule has 39 heavy (non-hydrogen) atoms. The van der Waals surface area contributed by atoms with Crippen LogP contribution in [-0.2, 0) is 10.0 Å². The fourth-order valence-electron chi connectivity index (χ4n) is 3.95. The average Bonchev–Trinajstić information content (AvgIpc) is 2.91. The summed E-state index contributed by atoms with van der Waals surface area (Å²) in [7, 11) is -4.09. The van der Waals surface area contributed by atoms with Gasteiger partial charge in [-0.3, -0.25) is 14.3 Å². The van der Waals surface area contributed by atoms with Gasteiger partial charge in [-0.25, -0.2) is 8.42 Å². The van der Waals surface area contributed by atoms with Gasteiger partial charge < -0.3 is 10.6 Å². The number of amides is 2. The van der Waals surface area contributed by atoms with Gasteiger partial charge in [-0.15, -0.1) is 0 Å². The number of sulfonamides is 1. The van der Waals surface area contributed by atoms with Crippen LogP contribution < -0.4 is 15.4 Å². The quantitative estimate of drug-likeness (QED) is 0.228. The highest BCUT2D eigenvalue weighted by molar-refractivity contribution is 7.92. The van der Waals surface area contributed by atoms with E-state index in [0.29, 0.717) is 5.69 Å². The Labute approximate surface area is 233 Å². The monoisotopic (exact) mass is 561 g/mol. The third-order valence-electron chi connectivity index (χ3n) is 6.31. The van der Waals surface area contributed by atoms with E-state index < -0.39 is 15.9 Å². The first-order valence-electron chi connectivity index (χ1n) is 12.2. The number of halogens is 1. The van der Waals surface area contributed by atoms with E-state index in [4.69, 9.17) is 11.6 Å². The molecule has 0 radical (unpaired) electrons. The number of carbonyl (C=O) groups excluding carboxylic acids is 2. The Balaban J connectivity index is 1.55. The summed E-state index contributed by atoms with van der Waals surface area (Å²) in [4.78, 5) is 26.0. The van der Waals surface area contributed by atoms with E-state index in [1.807, 2.05) is 57.2 Å². The van der Waals surface area contributed by atoms with Crippen molar-refractivity contribution >= 4 is 44.8 Å². The van der Waals surface area contributed by atoms with Crippen LogP contribution >= 0.6 is 11.6 Å². The molecule has 200 valence electrons. The summed E-state index contributed by atoms with van der Waals surface area (Å²) in [5.41, 5.74) is 3.89. The van der Waals surface area contributed by atoms with Gasteiger partial charge in [0.2, 0.25) is 0 Å². The highest BCUT2D eigenvalue weighted by Gasteiger charge is 2.22. The molecular weight excluding hydrogens is 534 g/mol. The van der Waals surface area contributed by atoms with Crippen LogP contribution in [0, 0.1) is 13.8 Å². The Hall–Kier alpha value is -4.14. The van der Waals surface area contributed by atoms with Crippen LogP contribution in [0.2, 0.25) is 5.02 Å². The summed E-state index contributed by atoms with van der Waals surface area (Å²) in [5.74, 6) is -0.954. The molecule has 1 atom stereocenters. The van der Waals surface area contributed by atoms with Gasteiger partial charge in [-0.05, 0) is 79.9 Å². The summed E-state index contributed by atoms with van der Waals surface area (Å²) in [5, 5.41) is 5.63. The Morgan fingerprint density at radius 1 is 0.795 bits per heavy atom. The fraction of sp³-hybridized carbons (Fsp3) is 0.133. The molecule has 9 heteroatoms. The van der Waals surface area contributed by atoms with E-state index in [1.54, 1.807) is 36.4 Å². The molecule has 4 aromatic carbocycles. The molecule has 0 unspecified atom stereocenters. The molecule has 0 spiro atoms. The number of benzene rings is 4. The van der Waals surface area contributed by atoms with Crippen molar-refractivity contribution in [2.24, 2.45) is 0 Å². The molecule has 3 N–H and O–H groups in total. The third-order valence-corrected chi connectivity index (χ3v) is 8.17. The summed E-state index contributed by atoms with van der Waals surface area (Å²) in [6.07, 6.45) is 0. The zero-order valence-corrected chi connectivity index (χ0v) is 23.2. The topological polar surface area (TPSA) is 104 Å². The first-order valence-corrected chi connectivity index (χ1v) is 14.1. The SMILES string of the molecule is Cc1ccc(NS(=O)(=O)c2cc(C(=O)Nc3ccccc3C(=O)N[C@H](C)c3ccccc3)ccc2Cl)cc1C. The van der Waals surface area contributed by atoms with Crippen molar-refractivity contribution in [3.63, 3.8) is 0 Å². The molecule has 4 aromatic rings. The number of rotatable bonds is 8. The molecule has 0 aliphatic rings. The lowest BCUT2D eigenvalue weighted by Crippen LogP contribution is -2.28. The molecule has 0 aromatic heterocycles. The average molecular weight is 562 g/mol. The van der Waals surface area contributed by atoms with E-state index in [-0.39, 0.29) is 38.7 Å². The predicted octanol–water partition coefficient (Wildman–Crippen LogP) is 6.50. The fourth-order valence-corrected chi connectivity index (χ4v) is 5.53. The molecule has 0 aliphatic carbocycles. The maximum Gasteiger partial charge on any atom is 0.263 e. The van der Waals surface area contributed by atoms with Crippen LogP contribution in [0.4, 0.5) is 11.4 Å². The van der Waals surface area contributed by atoms with Crippen molar-refractivity contribution < 1.29 is 18.0 Å². The van der Waals surface area contributed by atoms with E-state index in [1.165, 1.54) is 18.2 Å². The molecule has 2 amide bonds. The van der Waals surface area contributed by atoms with Crippen LogP contribution in [0.1, 0.15) is 50.4 Å². The van der Waals surface area contributed by atoms with Gasteiger partial charge in [-0.2, -0.15) is 0 Å². The second kappa shape index (κ2) is 11.7. The third kappa shape index (κ3) is 6.66. The molecule has 0 heterocycles. The Bertz CT molecular complexity index is 1640. The van der Waals surface area contributed by atoms with Crippen LogP contribution in [0.15, 0.2) is 95.9 Å². The minimum Gasteiger partial charge on any atom is -0.345 e. The van der Waals surface area contributed by atoms with Gasteiger partial charge in [-0.1, -0.05) is 60.1 Å². The molecule has 0 saturated carbocycles. The van der Waals surface area contributed by atoms with Gasteiger partial charge in [0.05, 0.1) is 22.3 Å². The maximum atomic E-state index is 13.2. The molecule has 4 rings (SSSR count). The van der Waals surface area contributed by atoms with E-state index >= 15 is 0 Å². The van der Waals surface area contributed by atoms with Gasteiger partial charge in [0.1, 0.15) is 4.90 Å². The number of nitrogens with one attached hydrogen (secondary N) is 3. The summed E-state index contributed by atoms with van der Waals surface area (Å²) < 4.78 is 28.8. The minimum atomic E-state index is -4.09. The molecule has 0 saturated heterocycles. The predicted molar refractivity (Wildman–Crippen MR) is 155 cm³/mol. The summed E-state index contributed by atoms with van der Waals surface area (Å²) in [6.45, 7) is 5.68. The van der Waals surface area contributed by atoms with Gasteiger partial charge in [0.25, 0.3) is 21.8 Å². The largest absolute Gasteiger partial charge is 0.345 e. The summed E-state index contributed by atoms with van der Waals surface area (Å²) in [6, 6.07) is 25.0. The molecular formula is C30H28ClN3O4S. The zero-order valence-electron chi connectivity index (χ0n) is 21.7. The van der Waals surface area contributed by atoms with Crippen molar-refractivity contribution in [3.8, 4) is 0 Å². The van der Waals surface area contributed by atoms with Crippen LogP contribution in [0.3, 0.4) is 0 Å². The van der Waals surface area contributed by atoms with Crippen molar-refractivity contribution in [1.29, 1.82) is 0 Å². The molecule has 0 aliphatic heterocycles. The van der Waals surface area contributed by atoms with Crippen LogP contribution in [-0.4, -0.2) is 20.2 Å². The molecule has 0 bridgehead atoms. The van der Waals surface area contributed by atoms with Crippen molar-refractivity contribution in [1.82, 2.24) is 5.32 Å².